The number of fused-ring (bicyclic) bond motifs is 1. The molecule has 102 valence electrons. The lowest BCUT2D eigenvalue weighted by Gasteiger charge is -2.25. The first-order valence-corrected chi connectivity index (χ1v) is 7.87. The van der Waals surface area contributed by atoms with Crippen LogP contribution >= 0.6 is 27.5 Å². The summed E-state index contributed by atoms with van der Waals surface area (Å²) in [6.45, 7) is 2.11. The number of rotatable bonds is 3. The highest BCUT2D eigenvalue weighted by molar-refractivity contribution is 9.11. The van der Waals surface area contributed by atoms with Crippen molar-refractivity contribution in [3.8, 4) is 12.3 Å². The quantitative estimate of drug-likeness (QED) is 0.576. The molecule has 19 heavy (non-hydrogen) atoms. The Morgan fingerprint density at radius 3 is 3.11 bits per heavy atom. The smallest absolute Gasteiger partial charge is 0.128 e. The molecule has 0 aliphatic carbocycles. The summed E-state index contributed by atoms with van der Waals surface area (Å²) in [4.78, 5) is 0. The van der Waals surface area contributed by atoms with Crippen molar-refractivity contribution in [3.63, 3.8) is 0 Å². The minimum absolute atomic E-state index is 0.106. The fourth-order valence-corrected chi connectivity index (χ4v) is 4.25. The van der Waals surface area contributed by atoms with E-state index in [1.807, 2.05) is 6.08 Å². The Balaban J connectivity index is 1.91. The first-order valence-electron chi connectivity index (χ1n) is 6.64. The molecule has 0 aromatic heterocycles. The Kier molecular flexibility index (Phi) is 3.68. The van der Waals surface area contributed by atoms with Crippen molar-refractivity contribution in [1.29, 1.82) is 0 Å². The third-order valence-corrected chi connectivity index (χ3v) is 5.65. The van der Waals surface area contributed by atoms with E-state index in [-0.39, 0.29) is 35.5 Å². The van der Waals surface area contributed by atoms with E-state index in [0.717, 1.165) is 23.1 Å². The minimum Gasteiger partial charge on any atom is -0.491 e. The fraction of sp³-hybridized carbons (Fsp3) is 0.600. The lowest BCUT2D eigenvalue weighted by atomic mass is 9.77. The third-order valence-electron chi connectivity index (χ3n) is 4.26. The maximum Gasteiger partial charge on any atom is 0.128 e. The zero-order valence-corrected chi connectivity index (χ0v) is 13.0. The van der Waals surface area contributed by atoms with Crippen LogP contribution in [0.3, 0.4) is 0 Å². The topological polar surface area (TPSA) is 18.5 Å². The number of terminal acetylenes is 1. The summed E-state index contributed by atoms with van der Waals surface area (Å²) in [6.07, 6.45) is 11.3. The van der Waals surface area contributed by atoms with Crippen molar-refractivity contribution in [3.05, 3.63) is 22.4 Å². The molecule has 0 N–H and O–H groups in total. The van der Waals surface area contributed by atoms with Crippen molar-refractivity contribution in [2.24, 2.45) is 11.8 Å². The molecule has 3 rings (SSSR count). The van der Waals surface area contributed by atoms with Gasteiger partial charge in [-0.05, 0) is 12.5 Å². The molecule has 3 saturated heterocycles. The van der Waals surface area contributed by atoms with Gasteiger partial charge in [-0.2, -0.15) is 0 Å². The highest BCUT2D eigenvalue weighted by Gasteiger charge is 2.63. The van der Waals surface area contributed by atoms with Gasteiger partial charge in [-0.25, -0.2) is 0 Å². The Morgan fingerprint density at radius 1 is 1.63 bits per heavy atom. The normalized spacial score (nSPS) is 43.4. The van der Waals surface area contributed by atoms with E-state index in [1.165, 1.54) is 0 Å². The van der Waals surface area contributed by atoms with Gasteiger partial charge in [0.05, 0.1) is 17.4 Å². The summed E-state index contributed by atoms with van der Waals surface area (Å²) in [7, 11) is 0. The summed E-state index contributed by atoms with van der Waals surface area (Å²) in [5.41, 5.74) is 0. The van der Waals surface area contributed by atoms with Gasteiger partial charge in [-0.3, -0.25) is 0 Å². The molecular weight excluding hydrogens is 328 g/mol. The van der Waals surface area contributed by atoms with Crippen LogP contribution in [0.25, 0.3) is 0 Å². The van der Waals surface area contributed by atoms with E-state index in [1.54, 1.807) is 6.08 Å². The van der Waals surface area contributed by atoms with Gasteiger partial charge in [-0.1, -0.05) is 34.9 Å². The Morgan fingerprint density at radius 2 is 2.42 bits per heavy atom. The summed E-state index contributed by atoms with van der Waals surface area (Å²) in [5.74, 6) is 4.06. The second-order valence-corrected chi connectivity index (χ2v) is 6.69. The van der Waals surface area contributed by atoms with Gasteiger partial charge in [-0.15, -0.1) is 18.0 Å². The van der Waals surface area contributed by atoms with Crippen LogP contribution in [0.4, 0.5) is 0 Å². The van der Waals surface area contributed by atoms with Gasteiger partial charge in [0.15, 0.2) is 0 Å². The van der Waals surface area contributed by atoms with Gasteiger partial charge in [0, 0.05) is 16.8 Å². The van der Waals surface area contributed by atoms with Gasteiger partial charge < -0.3 is 9.47 Å². The van der Waals surface area contributed by atoms with Crippen molar-refractivity contribution in [2.75, 3.05) is 0 Å². The zero-order valence-electron chi connectivity index (χ0n) is 10.7. The van der Waals surface area contributed by atoms with Gasteiger partial charge in [0.1, 0.15) is 18.0 Å². The van der Waals surface area contributed by atoms with Crippen molar-refractivity contribution < 1.29 is 9.47 Å². The molecule has 0 radical (unpaired) electrons. The Hall–Kier alpha value is -0.430. The Bertz CT molecular complexity index is 477. The average Bonchev–Trinajstić information content (AvgIpc) is 3.02. The molecule has 0 unspecified atom stereocenters. The fourth-order valence-electron chi connectivity index (χ4n) is 3.50. The number of ether oxygens (including phenoxy) is 2. The van der Waals surface area contributed by atoms with E-state index >= 15 is 0 Å². The number of hydrogen-bond donors (Lipinski definition) is 0. The third kappa shape index (κ3) is 2.05. The molecule has 2 bridgehead atoms. The standard InChI is InChI=1S/C15H16BrClO2/c1-3-5-6-9(17)12-10-7-11-15(18-10)13(12)14(19-11)8(16)4-2/h1,5-6,9-13,15H,4,7H2,2H3/b6-5-,14-8+/t9-,10+,11+,12-,13+,15-/m0/s1. The summed E-state index contributed by atoms with van der Waals surface area (Å²) in [6, 6.07) is 0. The van der Waals surface area contributed by atoms with E-state index in [2.05, 4.69) is 28.8 Å². The number of allylic oxidation sites excluding steroid dienone is 3. The SMILES string of the molecule is C#C/C=C\[C@H](Cl)[C@@H]1[C@@H]2/C(=C(\Br)CC)O[C@@H]3C[C@H]1O[C@H]23. The highest BCUT2D eigenvalue weighted by atomic mass is 79.9. The lowest BCUT2D eigenvalue weighted by molar-refractivity contribution is 0.0690. The summed E-state index contributed by atoms with van der Waals surface area (Å²) < 4.78 is 13.2. The van der Waals surface area contributed by atoms with E-state index < -0.39 is 0 Å². The second kappa shape index (κ2) is 5.16. The molecule has 3 aliphatic rings. The van der Waals surface area contributed by atoms with Crippen molar-refractivity contribution in [1.82, 2.24) is 0 Å². The van der Waals surface area contributed by atoms with E-state index in [0.29, 0.717) is 0 Å². The molecule has 0 spiro atoms. The average molecular weight is 344 g/mol. The predicted molar refractivity (Wildman–Crippen MR) is 79.0 cm³/mol. The molecule has 0 amide bonds. The highest BCUT2D eigenvalue weighted by Crippen LogP contribution is 2.56. The van der Waals surface area contributed by atoms with Crippen molar-refractivity contribution in [2.45, 2.75) is 43.5 Å². The van der Waals surface area contributed by atoms with E-state index in [4.69, 9.17) is 27.5 Å². The predicted octanol–water partition coefficient (Wildman–Crippen LogP) is 3.60. The first kappa shape index (κ1) is 13.5. The molecule has 3 aliphatic heterocycles. The molecule has 0 saturated carbocycles. The van der Waals surface area contributed by atoms with Gasteiger partial charge >= 0.3 is 0 Å². The molecule has 3 fully saturated rings. The van der Waals surface area contributed by atoms with Crippen LogP contribution in [0.15, 0.2) is 22.4 Å². The number of alkyl halides is 1. The molecule has 6 atom stereocenters. The largest absolute Gasteiger partial charge is 0.491 e. The summed E-state index contributed by atoms with van der Waals surface area (Å²) >= 11 is 10.1. The van der Waals surface area contributed by atoms with Crippen LogP contribution in [0.2, 0.25) is 0 Å². The minimum atomic E-state index is -0.106. The molecule has 3 heterocycles. The zero-order chi connectivity index (χ0) is 13.6. The van der Waals surface area contributed by atoms with Crippen LogP contribution in [-0.2, 0) is 9.47 Å². The van der Waals surface area contributed by atoms with Crippen LogP contribution in [0.5, 0.6) is 0 Å². The number of halogens is 2. The molecular formula is C15H16BrClO2. The maximum absolute atomic E-state index is 6.51. The van der Waals surface area contributed by atoms with Crippen LogP contribution in [-0.4, -0.2) is 23.7 Å². The van der Waals surface area contributed by atoms with Crippen LogP contribution in [0, 0.1) is 24.2 Å². The van der Waals surface area contributed by atoms with Crippen LogP contribution in [0.1, 0.15) is 19.8 Å². The van der Waals surface area contributed by atoms with Crippen LogP contribution < -0.4 is 0 Å². The Labute approximate surface area is 127 Å². The number of hydrogen-bond acceptors (Lipinski definition) is 2. The van der Waals surface area contributed by atoms with Gasteiger partial charge in [0.2, 0.25) is 0 Å². The molecule has 4 heteroatoms. The second-order valence-electron chi connectivity index (χ2n) is 5.23. The lowest BCUT2D eigenvalue weighted by Crippen LogP contribution is -2.34. The molecule has 0 aromatic rings. The van der Waals surface area contributed by atoms with Crippen molar-refractivity contribution >= 4 is 27.5 Å². The van der Waals surface area contributed by atoms with Gasteiger partial charge in [0.25, 0.3) is 0 Å². The summed E-state index contributed by atoms with van der Waals surface area (Å²) in [5, 5.41) is -0.106. The monoisotopic (exact) mass is 342 g/mol. The van der Waals surface area contributed by atoms with E-state index in [9.17, 15) is 0 Å². The molecule has 0 aromatic carbocycles. The maximum atomic E-state index is 6.51. The molecule has 2 nitrogen and oxygen atoms in total. The first-order chi connectivity index (χ1) is 9.17.